The molecule has 0 fully saturated rings. The standard InChI is InChI=1S/C18H20O4/c1-13-8-9-16(21-2)15(10-13)11-17(18(19)20)22-12-14-6-4-3-5-7-14/h3-10,17H,11-12H2,1-2H3,(H,19,20)/t17-/m1/s1. The molecule has 0 heterocycles. The first kappa shape index (κ1) is 16.0. The summed E-state index contributed by atoms with van der Waals surface area (Å²) in [6.07, 6.45) is -0.636. The van der Waals surface area contributed by atoms with E-state index in [4.69, 9.17) is 9.47 Å². The van der Waals surface area contributed by atoms with Crippen molar-refractivity contribution < 1.29 is 19.4 Å². The average Bonchev–Trinajstić information content (AvgIpc) is 2.52. The van der Waals surface area contributed by atoms with Crippen LogP contribution in [-0.2, 0) is 22.6 Å². The number of carboxylic acid groups (broad SMARTS) is 1. The van der Waals surface area contributed by atoms with Gasteiger partial charge in [-0.05, 0) is 24.1 Å². The third-order valence-corrected chi connectivity index (χ3v) is 3.41. The lowest BCUT2D eigenvalue weighted by Crippen LogP contribution is -2.26. The van der Waals surface area contributed by atoms with Crippen molar-refractivity contribution in [1.29, 1.82) is 0 Å². The number of carboxylic acids is 1. The molecule has 0 spiro atoms. The van der Waals surface area contributed by atoms with Crippen molar-refractivity contribution in [2.45, 2.75) is 26.1 Å². The van der Waals surface area contributed by atoms with Gasteiger partial charge in [0, 0.05) is 6.42 Å². The van der Waals surface area contributed by atoms with Gasteiger partial charge in [-0.3, -0.25) is 0 Å². The fraction of sp³-hybridized carbons (Fsp3) is 0.278. The lowest BCUT2D eigenvalue weighted by Gasteiger charge is -2.16. The second kappa shape index (κ2) is 7.61. The van der Waals surface area contributed by atoms with Gasteiger partial charge in [0.1, 0.15) is 5.75 Å². The van der Waals surface area contributed by atoms with Gasteiger partial charge in [-0.15, -0.1) is 0 Å². The maximum absolute atomic E-state index is 11.4. The maximum atomic E-state index is 11.4. The van der Waals surface area contributed by atoms with Gasteiger partial charge in [0.05, 0.1) is 13.7 Å². The Balaban J connectivity index is 2.09. The van der Waals surface area contributed by atoms with Crippen LogP contribution >= 0.6 is 0 Å². The Morgan fingerprint density at radius 3 is 2.55 bits per heavy atom. The van der Waals surface area contributed by atoms with Crippen molar-refractivity contribution in [1.82, 2.24) is 0 Å². The van der Waals surface area contributed by atoms with E-state index in [-0.39, 0.29) is 13.0 Å². The van der Waals surface area contributed by atoms with Gasteiger partial charge >= 0.3 is 5.97 Å². The van der Waals surface area contributed by atoms with Gasteiger partial charge in [0.15, 0.2) is 6.10 Å². The van der Waals surface area contributed by atoms with Crippen molar-refractivity contribution in [2.75, 3.05) is 7.11 Å². The molecule has 0 aromatic heterocycles. The summed E-state index contributed by atoms with van der Waals surface area (Å²) in [5, 5.41) is 9.38. The van der Waals surface area contributed by atoms with Crippen LogP contribution < -0.4 is 4.74 Å². The molecule has 4 nitrogen and oxygen atoms in total. The van der Waals surface area contributed by atoms with Gasteiger partial charge in [0.25, 0.3) is 0 Å². The average molecular weight is 300 g/mol. The largest absolute Gasteiger partial charge is 0.496 e. The predicted molar refractivity (Wildman–Crippen MR) is 84.1 cm³/mol. The molecule has 0 aliphatic rings. The minimum absolute atomic E-state index is 0.270. The van der Waals surface area contributed by atoms with Crippen LogP contribution in [0, 0.1) is 6.92 Å². The van der Waals surface area contributed by atoms with E-state index in [9.17, 15) is 9.90 Å². The fourth-order valence-corrected chi connectivity index (χ4v) is 2.26. The van der Waals surface area contributed by atoms with Crippen molar-refractivity contribution in [3.63, 3.8) is 0 Å². The molecule has 0 bridgehead atoms. The summed E-state index contributed by atoms with van der Waals surface area (Å²) in [6, 6.07) is 15.2. The molecule has 1 N–H and O–H groups in total. The van der Waals surface area contributed by atoms with Crippen LogP contribution in [0.5, 0.6) is 5.75 Å². The van der Waals surface area contributed by atoms with Crippen LogP contribution in [0.25, 0.3) is 0 Å². The first-order valence-electron chi connectivity index (χ1n) is 7.12. The Morgan fingerprint density at radius 1 is 1.18 bits per heavy atom. The van der Waals surface area contributed by atoms with Crippen LogP contribution in [0.4, 0.5) is 0 Å². The molecule has 116 valence electrons. The van der Waals surface area contributed by atoms with Crippen LogP contribution in [-0.4, -0.2) is 24.3 Å². The first-order chi connectivity index (χ1) is 10.6. The highest BCUT2D eigenvalue weighted by Crippen LogP contribution is 2.22. The van der Waals surface area contributed by atoms with Crippen LogP contribution in [0.2, 0.25) is 0 Å². The molecule has 2 aromatic rings. The summed E-state index contributed by atoms with van der Waals surface area (Å²) in [5.74, 6) is -0.292. The number of hydrogen-bond donors (Lipinski definition) is 1. The number of methoxy groups -OCH3 is 1. The molecule has 0 amide bonds. The van der Waals surface area contributed by atoms with Gasteiger partial charge in [-0.1, -0.05) is 48.0 Å². The number of aryl methyl sites for hydroxylation is 1. The van der Waals surface area contributed by atoms with E-state index in [1.807, 2.05) is 55.5 Å². The van der Waals surface area contributed by atoms with E-state index in [1.54, 1.807) is 7.11 Å². The first-order valence-corrected chi connectivity index (χ1v) is 7.12. The Bertz CT molecular complexity index is 622. The highest BCUT2D eigenvalue weighted by Gasteiger charge is 2.20. The van der Waals surface area contributed by atoms with Gasteiger partial charge in [-0.25, -0.2) is 4.79 Å². The number of benzene rings is 2. The monoisotopic (exact) mass is 300 g/mol. The third-order valence-electron chi connectivity index (χ3n) is 3.41. The molecule has 22 heavy (non-hydrogen) atoms. The number of hydrogen-bond acceptors (Lipinski definition) is 3. The Labute approximate surface area is 130 Å². The normalized spacial score (nSPS) is 11.9. The van der Waals surface area contributed by atoms with E-state index >= 15 is 0 Å². The van der Waals surface area contributed by atoms with Crippen LogP contribution in [0.1, 0.15) is 16.7 Å². The molecule has 0 aliphatic carbocycles. The number of aliphatic carboxylic acids is 1. The highest BCUT2D eigenvalue weighted by atomic mass is 16.5. The third kappa shape index (κ3) is 4.33. The number of rotatable bonds is 7. The second-order valence-electron chi connectivity index (χ2n) is 5.14. The fourth-order valence-electron chi connectivity index (χ4n) is 2.26. The van der Waals surface area contributed by atoms with Crippen molar-refractivity contribution in [2.24, 2.45) is 0 Å². The molecule has 0 radical (unpaired) electrons. The van der Waals surface area contributed by atoms with Gasteiger partial charge in [-0.2, -0.15) is 0 Å². The smallest absolute Gasteiger partial charge is 0.333 e. The molecular formula is C18H20O4. The van der Waals surface area contributed by atoms with E-state index in [0.717, 1.165) is 16.7 Å². The second-order valence-corrected chi connectivity index (χ2v) is 5.14. The molecule has 0 unspecified atom stereocenters. The quantitative estimate of drug-likeness (QED) is 0.853. The van der Waals surface area contributed by atoms with Crippen molar-refractivity contribution >= 4 is 5.97 Å². The zero-order valence-corrected chi connectivity index (χ0v) is 12.8. The summed E-state index contributed by atoms with van der Waals surface area (Å²) in [5.41, 5.74) is 2.84. The molecule has 1 atom stereocenters. The minimum atomic E-state index is -0.973. The summed E-state index contributed by atoms with van der Waals surface area (Å²) in [7, 11) is 1.58. The summed E-state index contributed by atoms with van der Waals surface area (Å²) in [4.78, 5) is 11.4. The number of carbonyl (C=O) groups is 1. The molecule has 2 aromatic carbocycles. The summed E-state index contributed by atoms with van der Waals surface area (Å²) in [6.45, 7) is 2.23. The van der Waals surface area contributed by atoms with E-state index in [2.05, 4.69) is 0 Å². The molecule has 0 saturated carbocycles. The molecular weight excluding hydrogens is 280 g/mol. The van der Waals surface area contributed by atoms with Crippen molar-refractivity contribution in [3.8, 4) is 5.75 Å². The van der Waals surface area contributed by atoms with E-state index in [0.29, 0.717) is 5.75 Å². The van der Waals surface area contributed by atoms with E-state index < -0.39 is 12.1 Å². The lowest BCUT2D eigenvalue weighted by molar-refractivity contribution is -0.151. The van der Waals surface area contributed by atoms with Crippen LogP contribution in [0.15, 0.2) is 48.5 Å². The van der Waals surface area contributed by atoms with Crippen LogP contribution in [0.3, 0.4) is 0 Å². The van der Waals surface area contributed by atoms with Gasteiger partial charge < -0.3 is 14.6 Å². The maximum Gasteiger partial charge on any atom is 0.333 e. The molecule has 4 heteroatoms. The van der Waals surface area contributed by atoms with Crippen molar-refractivity contribution in [3.05, 3.63) is 65.2 Å². The SMILES string of the molecule is COc1ccc(C)cc1C[C@@H](OCc1ccccc1)C(=O)O. The summed E-state index contributed by atoms with van der Waals surface area (Å²) < 4.78 is 10.9. The summed E-state index contributed by atoms with van der Waals surface area (Å²) >= 11 is 0. The lowest BCUT2D eigenvalue weighted by atomic mass is 10.0. The Hall–Kier alpha value is -2.33. The number of ether oxygens (including phenoxy) is 2. The highest BCUT2D eigenvalue weighted by molar-refractivity contribution is 5.73. The van der Waals surface area contributed by atoms with Gasteiger partial charge in [0.2, 0.25) is 0 Å². The zero-order chi connectivity index (χ0) is 15.9. The topological polar surface area (TPSA) is 55.8 Å². The Morgan fingerprint density at radius 2 is 1.91 bits per heavy atom. The molecule has 2 rings (SSSR count). The zero-order valence-electron chi connectivity index (χ0n) is 12.8. The molecule has 0 aliphatic heterocycles. The molecule has 0 saturated heterocycles. The minimum Gasteiger partial charge on any atom is -0.496 e. The Kier molecular flexibility index (Phi) is 5.55. The van der Waals surface area contributed by atoms with E-state index in [1.165, 1.54) is 0 Å². The predicted octanol–water partition coefficient (Wildman–Crippen LogP) is 3.22.